The topological polar surface area (TPSA) is 35.5 Å². The number of hydrogen-bond acceptors (Lipinski definition) is 3. The summed E-state index contributed by atoms with van der Waals surface area (Å²) in [5.41, 5.74) is 0.680. The molecule has 1 aromatic rings. The highest BCUT2D eigenvalue weighted by Crippen LogP contribution is 2.31. The predicted octanol–water partition coefficient (Wildman–Crippen LogP) is 1.74. The van der Waals surface area contributed by atoms with Gasteiger partial charge in [-0.15, -0.1) is 0 Å². The molecule has 1 aliphatic rings. The van der Waals surface area contributed by atoms with Crippen LogP contribution >= 0.6 is 0 Å². The number of benzene rings is 1. The average Bonchev–Trinajstić information content (AvgIpc) is 2.35. The molecule has 0 fully saturated rings. The van der Waals surface area contributed by atoms with Crippen molar-refractivity contribution in [1.29, 1.82) is 0 Å². The van der Waals surface area contributed by atoms with Crippen molar-refractivity contribution in [2.24, 2.45) is 0 Å². The fourth-order valence-corrected chi connectivity index (χ4v) is 1.79. The predicted molar refractivity (Wildman–Crippen MR) is 69.3 cm³/mol. The van der Waals surface area contributed by atoms with E-state index in [1.165, 1.54) is 0 Å². The Bertz CT molecular complexity index is 463. The highest BCUT2D eigenvalue weighted by molar-refractivity contribution is 5.99. The van der Waals surface area contributed by atoms with Crippen LogP contribution in [0.4, 0.5) is 0 Å². The lowest BCUT2D eigenvalue weighted by Crippen LogP contribution is -2.47. The van der Waals surface area contributed by atoms with E-state index in [0.29, 0.717) is 29.0 Å². The second kappa shape index (κ2) is 4.61. The second-order valence-corrected chi connectivity index (χ2v) is 5.51. The average molecular weight is 250 g/mol. The minimum absolute atomic E-state index is 0.0902. The molecule has 98 valence electrons. The van der Waals surface area contributed by atoms with Crippen LogP contribution in [-0.2, 0) is 0 Å². The van der Waals surface area contributed by atoms with Crippen molar-refractivity contribution in [3.63, 3.8) is 0 Å². The molecule has 0 saturated carbocycles. The zero-order chi connectivity index (χ0) is 13.3. The van der Waals surface area contributed by atoms with Crippen molar-refractivity contribution in [1.82, 2.24) is 0 Å². The summed E-state index contributed by atoms with van der Waals surface area (Å²) in [5.74, 6) is 1.51. The highest BCUT2D eigenvalue weighted by Gasteiger charge is 2.28. The van der Waals surface area contributed by atoms with Gasteiger partial charge in [-0.3, -0.25) is 4.79 Å². The molecule has 18 heavy (non-hydrogen) atoms. The van der Waals surface area contributed by atoms with Crippen LogP contribution in [0.15, 0.2) is 18.2 Å². The van der Waals surface area contributed by atoms with Crippen LogP contribution < -0.4 is 9.47 Å². The summed E-state index contributed by atoms with van der Waals surface area (Å²) in [6.45, 7) is 3.05. The Kier molecular flexibility index (Phi) is 3.30. The van der Waals surface area contributed by atoms with Gasteiger partial charge in [0, 0.05) is 5.56 Å². The van der Waals surface area contributed by atoms with E-state index in [2.05, 4.69) is 0 Å². The number of hydrogen-bond donors (Lipinski definition) is 0. The molecule has 0 aromatic heterocycles. The van der Waals surface area contributed by atoms with Crippen LogP contribution in [0.25, 0.3) is 0 Å². The third-order valence-corrected chi connectivity index (χ3v) is 3.37. The third kappa shape index (κ3) is 2.48. The van der Waals surface area contributed by atoms with Crippen molar-refractivity contribution in [3.05, 3.63) is 23.8 Å². The fraction of sp³-hybridized carbons (Fsp3) is 0.500. The monoisotopic (exact) mass is 250 g/mol. The summed E-state index contributed by atoms with van der Waals surface area (Å²) in [5, 5.41) is 0. The zero-order valence-corrected chi connectivity index (χ0v) is 11.4. The Labute approximate surface area is 108 Å². The maximum absolute atomic E-state index is 12.4. The van der Waals surface area contributed by atoms with Gasteiger partial charge < -0.3 is 14.0 Å². The standard InChI is InChI=1S/C14H20NO3/c1-10(15(2,3)4)14(16)11-5-6-12-13(9-11)18-8-7-17-12/h5-6,9-10H,7-8H2,1-4H3/q+1. The fourth-order valence-electron chi connectivity index (χ4n) is 1.79. The molecule has 1 heterocycles. The first-order valence-corrected chi connectivity index (χ1v) is 6.14. The SMILES string of the molecule is CC(C(=O)c1ccc2c(c1)OCCO2)[N+](C)(C)C. The molecule has 4 nitrogen and oxygen atoms in total. The summed E-state index contributed by atoms with van der Waals surface area (Å²) in [4.78, 5) is 12.4. The van der Waals surface area contributed by atoms with E-state index in [1.807, 2.05) is 40.2 Å². The molecule has 4 heteroatoms. The van der Waals surface area contributed by atoms with Gasteiger partial charge in [0.15, 0.2) is 11.5 Å². The molecule has 1 atom stereocenters. The number of likely N-dealkylation sites (N-methyl/N-ethyl adjacent to an activating group) is 1. The number of carbonyl (C=O) groups is 1. The highest BCUT2D eigenvalue weighted by atomic mass is 16.6. The lowest BCUT2D eigenvalue weighted by molar-refractivity contribution is -0.883. The smallest absolute Gasteiger partial charge is 0.219 e. The van der Waals surface area contributed by atoms with E-state index in [-0.39, 0.29) is 11.8 Å². The van der Waals surface area contributed by atoms with Gasteiger partial charge in [-0.05, 0) is 25.1 Å². The van der Waals surface area contributed by atoms with Gasteiger partial charge in [0.2, 0.25) is 5.78 Å². The van der Waals surface area contributed by atoms with Crippen molar-refractivity contribution in [2.45, 2.75) is 13.0 Å². The van der Waals surface area contributed by atoms with E-state index in [1.54, 1.807) is 6.07 Å². The first-order chi connectivity index (χ1) is 8.39. The van der Waals surface area contributed by atoms with Crippen LogP contribution in [0.3, 0.4) is 0 Å². The van der Waals surface area contributed by atoms with Crippen molar-refractivity contribution >= 4 is 5.78 Å². The number of quaternary nitrogens is 1. The number of Topliss-reactive ketones (excluding diaryl/α,β-unsaturated/α-hetero) is 1. The molecule has 0 amide bonds. The summed E-state index contributed by atoms with van der Waals surface area (Å²) >= 11 is 0. The van der Waals surface area contributed by atoms with E-state index in [0.717, 1.165) is 5.75 Å². The molecule has 0 radical (unpaired) electrons. The molecular formula is C14H20NO3+. The van der Waals surface area contributed by atoms with Crippen LogP contribution in [0, 0.1) is 0 Å². The van der Waals surface area contributed by atoms with E-state index in [4.69, 9.17) is 9.47 Å². The van der Waals surface area contributed by atoms with Crippen LogP contribution in [0.5, 0.6) is 11.5 Å². The Hall–Kier alpha value is -1.55. The van der Waals surface area contributed by atoms with Crippen LogP contribution in [-0.4, -0.2) is 50.7 Å². The minimum Gasteiger partial charge on any atom is -0.486 e. The summed E-state index contributed by atoms with van der Waals surface area (Å²) in [7, 11) is 6.04. The third-order valence-electron chi connectivity index (χ3n) is 3.37. The minimum atomic E-state index is -0.0902. The molecular weight excluding hydrogens is 230 g/mol. The Morgan fingerprint density at radius 1 is 1.17 bits per heavy atom. The second-order valence-electron chi connectivity index (χ2n) is 5.51. The normalized spacial score (nSPS) is 16.2. The van der Waals surface area contributed by atoms with Gasteiger partial charge in [-0.1, -0.05) is 0 Å². The lowest BCUT2D eigenvalue weighted by atomic mass is 10.0. The lowest BCUT2D eigenvalue weighted by Gasteiger charge is -2.30. The molecule has 0 bridgehead atoms. The maximum Gasteiger partial charge on any atom is 0.219 e. The molecule has 0 N–H and O–H groups in total. The molecule has 1 aliphatic heterocycles. The van der Waals surface area contributed by atoms with Gasteiger partial charge in [0.05, 0.1) is 21.1 Å². The zero-order valence-electron chi connectivity index (χ0n) is 11.4. The maximum atomic E-state index is 12.4. The molecule has 0 saturated heterocycles. The Morgan fingerprint density at radius 2 is 1.78 bits per heavy atom. The summed E-state index contributed by atoms with van der Waals surface area (Å²) in [6.07, 6.45) is 0. The number of nitrogens with zero attached hydrogens (tertiary/aromatic N) is 1. The Morgan fingerprint density at radius 3 is 2.39 bits per heavy atom. The van der Waals surface area contributed by atoms with E-state index < -0.39 is 0 Å². The number of carbonyl (C=O) groups excluding carboxylic acids is 1. The van der Waals surface area contributed by atoms with E-state index >= 15 is 0 Å². The van der Waals surface area contributed by atoms with E-state index in [9.17, 15) is 4.79 Å². The van der Waals surface area contributed by atoms with Crippen molar-refractivity contribution in [3.8, 4) is 11.5 Å². The van der Waals surface area contributed by atoms with Gasteiger partial charge in [0.1, 0.15) is 19.3 Å². The number of ether oxygens (including phenoxy) is 2. The largest absolute Gasteiger partial charge is 0.486 e. The van der Waals surface area contributed by atoms with Crippen LogP contribution in [0.2, 0.25) is 0 Å². The van der Waals surface area contributed by atoms with Crippen LogP contribution in [0.1, 0.15) is 17.3 Å². The molecule has 2 rings (SSSR count). The summed E-state index contributed by atoms with van der Waals surface area (Å²) in [6, 6.07) is 5.31. The quantitative estimate of drug-likeness (QED) is 0.605. The molecule has 1 unspecified atom stereocenters. The Balaban J connectivity index is 2.26. The first-order valence-electron chi connectivity index (χ1n) is 6.14. The first kappa shape index (κ1) is 12.9. The summed E-state index contributed by atoms with van der Waals surface area (Å²) < 4.78 is 11.5. The number of ketones is 1. The van der Waals surface area contributed by atoms with Crippen molar-refractivity contribution in [2.75, 3.05) is 34.4 Å². The van der Waals surface area contributed by atoms with Gasteiger partial charge in [-0.25, -0.2) is 0 Å². The molecule has 0 aliphatic carbocycles. The number of fused-ring (bicyclic) bond motifs is 1. The van der Waals surface area contributed by atoms with Crippen molar-refractivity contribution < 1.29 is 18.8 Å². The molecule has 0 spiro atoms. The number of rotatable bonds is 3. The van der Waals surface area contributed by atoms with Gasteiger partial charge >= 0.3 is 0 Å². The van der Waals surface area contributed by atoms with Gasteiger partial charge in [-0.2, -0.15) is 0 Å². The van der Waals surface area contributed by atoms with Gasteiger partial charge in [0.25, 0.3) is 0 Å². The molecule has 1 aromatic carbocycles.